The second-order valence-electron chi connectivity index (χ2n) is 7.32. The van der Waals surface area contributed by atoms with Crippen LogP contribution in [-0.2, 0) is 11.2 Å². The van der Waals surface area contributed by atoms with Crippen molar-refractivity contribution in [3.05, 3.63) is 86.1 Å². The van der Waals surface area contributed by atoms with E-state index in [1.165, 1.54) is 6.92 Å². The van der Waals surface area contributed by atoms with Crippen LogP contribution in [-0.4, -0.2) is 38.6 Å². The lowest BCUT2D eigenvalue weighted by molar-refractivity contribution is -0.130. The van der Waals surface area contributed by atoms with Gasteiger partial charge in [-0.05, 0) is 48.7 Å². The zero-order valence-electron chi connectivity index (χ0n) is 17.3. The molecule has 1 aliphatic heterocycles. The number of aromatic hydroxyl groups is 1. The third-order valence-corrected chi connectivity index (χ3v) is 5.49. The third kappa shape index (κ3) is 3.61. The first-order chi connectivity index (χ1) is 14.9. The smallest absolute Gasteiger partial charge is 0.335 e. The Balaban J connectivity index is 1.93. The Morgan fingerprint density at radius 1 is 1.16 bits per heavy atom. The fraction of sp³-hybridized carbons (Fsp3) is 0.261. The van der Waals surface area contributed by atoms with Gasteiger partial charge in [0.1, 0.15) is 11.3 Å². The Hall–Kier alpha value is -3.81. The molecule has 1 atom stereocenters. The van der Waals surface area contributed by atoms with E-state index in [9.17, 15) is 19.5 Å². The highest BCUT2D eigenvalue weighted by molar-refractivity contribution is 5.75. The number of carbonyl (C=O) groups excluding carboxylic acids is 1. The number of aromatic amines is 1. The van der Waals surface area contributed by atoms with Gasteiger partial charge in [0.25, 0.3) is 5.56 Å². The number of hydrogen-bond acceptors (Lipinski definition) is 5. The SMILES string of the molecule is CCOc1ccc(-n2c(O)c(C3c4ccccc4CCN3C(C)=O)c(=O)[nH]c2=O)cc1. The van der Waals surface area contributed by atoms with E-state index in [2.05, 4.69) is 4.98 Å². The van der Waals surface area contributed by atoms with Gasteiger partial charge in [0.15, 0.2) is 0 Å². The number of amides is 1. The van der Waals surface area contributed by atoms with Crippen LogP contribution in [0, 0.1) is 0 Å². The molecule has 0 saturated carbocycles. The van der Waals surface area contributed by atoms with Gasteiger partial charge in [0.05, 0.1) is 18.3 Å². The fourth-order valence-corrected chi connectivity index (χ4v) is 4.10. The number of hydrogen-bond donors (Lipinski definition) is 2. The molecule has 1 aromatic heterocycles. The topological polar surface area (TPSA) is 105 Å². The molecule has 8 heteroatoms. The van der Waals surface area contributed by atoms with Crippen molar-refractivity contribution < 1.29 is 14.6 Å². The van der Waals surface area contributed by atoms with Crippen LogP contribution in [0.4, 0.5) is 0 Å². The summed E-state index contributed by atoms with van der Waals surface area (Å²) in [5.41, 5.74) is 0.563. The summed E-state index contributed by atoms with van der Waals surface area (Å²) >= 11 is 0. The molecule has 2 aromatic carbocycles. The molecular formula is C23H23N3O5. The quantitative estimate of drug-likeness (QED) is 0.672. The Labute approximate surface area is 178 Å². The molecule has 3 aromatic rings. The van der Waals surface area contributed by atoms with E-state index >= 15 is 0 Å². The minimum atomic E-state index is -0.805. The molecule has 160 valence electrons. The van der Waals surface area contributed by atoms with Crippen LogP contribution in [0.1, 0.15) is 36.6 Å². The van der Waals surface area contributed by atoms with Crippen LogP contribution in [0.2, 0.25) is 0 Å². The lowest BCUT2D eigenvalue weighted by atomic mass is 9.89. The highest BCUT2D eigenvalue weighted by atomic mass is 16.5. The van der Waals surface area contributed by atoms with Crippen LogP contribution in [0.15, 0.2) is 58.1 Å². The van der Waals surface area contributed by atoms with Crippen molar-refractivity contribution in [3.63, 3.8) is 0 Å². The first kappa shape index (κ1) is 20.5. The first-order valence-electron chi connectivity index (χ1n) is 10.1. The molecule has 0 spiro atoms. The number of rotatable bonds is 4. The standard InChI is InChI=1S/C23H23N3O5/c1-3-31-17-10-8-16(9-11-17)26-22(29)19(21(28)24-23(26)30)20-18-7-5-4-6-15(18)12-13-25(20)14(2)27/h4-11,20,29H,3,12-13H2,1-2H3,(H,24,28,30). The molecular weight excluding hydrogens is 398 g/mol. The number of benzene rings is 2. The monoisotopic (exact) mass is 421 g/mol. The maximum absolute atomic E-state index is 12.9. The summed E-state index contributed by atoms with van der Waals surface area (Å²) in [5.74, 6) is -0.101. The Kier molecular flexibility index (Phi) is 5.37. The van der Waals surface area contributed by atoms with Crippen LogP contribution in [0.25, 0.3) is 5.69 Å². The van der Waals surface area contributed by atoms with Crippen LogP contribution < -0.4 is 16.0 Å². The zero-order valence-corrected chi connectivity index (χ0v) is 17.3. The molecule has 0 bridgehead atoms. The van der Waals surface area contributed by atoms with E-state index in [0.717, 1.165) is 15.7 Å². The molecule has 2 heterocycles. The van der Waals surface area contributed by atoms with Crippen molar-refractivity contribution in [3.8, 4) is 17.3 Å². The largest absolute Gasteiger partial charge is 0.494 e. The molecule has 1 unspecified atom stereocenters. The predicted octanol–water partition coefficient (Wildman–Crippen LogP) is 2.12. The van der Waals surface area contributed by atoms with Gasteiger partial charge in [0, 0.05) is 13.5 Å². The van der Waals surface area contributed by atoms with Crippen molar-refractivity contribution in [2.45, 2.75) is 26.3 Å². The van der Waals surface area contributed by atoms with Gasteiger partial charge in [-0.15, -0.1) is 0 Å². The number of carbonyl (C=O) groups is 1. The molecule has 1 amide bonds. The van der Waals surface area contributed by atoms with Gasteiger partial charge < -0.3 is 14.7 Å². The highest BCUT2D eigenvalue weighted by Gasteiger charge is 2.35. The van der Waals surface area contributed by atoms with Crippen molar-refractivity contribution in [2.24, 2.45) is 0 Å². The van der Waals surface area contributed by atoms with Gasteiger partial charge in [-0.25, -0.2) is 9.36 Å². The minimum Gasteiger partial charge on any atom is -0.494 e. The van der Waals surface area contributed by atoms with Crippen molar-refractivity contribution in [1.29, 1.82) is 0 Å². The fourth-order valence-electron chi connectivity index (χ4n) is 4.10. The molecule has 8 nitrogen and oxygen atoms in total. The third-order valence-electron chi connectivity index (χ3n) is 5.49. The second-order valence-corrected chi connectivity index (χ2v) is 7.32. The van der Waals surface area contributed by atoms with Crippen molar-refractivity contribution in [2.75, 3.05) is 13.2 Å². The number of H-pyrrole nitrogens is 1. The second kappa shape index (κ2) is 8.14. The van der Waals surface area contributed by atoms with E-state index in [-0.39, 0.29) is 11.5 Å². The van der Waals surface area contributed by atoms with Gasteiger partial charge >= 0.3 is 5.69 Å². The van der Waals surface area contributed by atoms with Gasteiger partial charge in [0.2, 0.25) is 11.8 Å². The molecule has 2 N–H and O–H groups in total. The lowest BCUT2D eigenvalue weighted by Gasteiger charge is -2.36. The average molecular weight is 421 g/mol. The number of nitrogens with zero attached hydrogens (tertiary/aromatic N) is 2. The zero-order chi connectivity index (χ0) is 22.1. The summed E-state index contributed by atoms with van der Waals surface area (Å²) in [6.45, 7) is 4.18. The number of ether oxygens (including phenoxy) is 1. The number of aromatic nitrogens is 2. The van der Waals surface area contributed by atoms with Crippen molar-refractivity contribution in [1.82, 2.24) is 14.5 Å². The number of nitrogens with one attached hydrogen (secondary N) is 1. The van der Waals surface area contributed by atoms with E-state index in [1.807, 2.05) is 31.2 Å². The Morgan fingerprint density at radius 2 is 1.87 bits per heavy atom. The van der Waals surface area contributed by atoms with E-state index in [1.54, 1.807) is 29.2 Å². The Morgan fingerprint density at radius 3 is 2.55 bits per heavy atom. The summed E-state index contributed by atoms with van der Waals surface area (Å²) in [6.07, 6.45) is 0.642. The Bertz CT molecular complexity index is 1240. The van der Waals surface area contributed by atoms with E-state index < -0.39 is 23.2 Å². The molecule has 4 rings (SSSR count). The summed E-state index contributed by atoms with van der Waals surface area (Å²) in [7, 11) is 0. The molecule has 0 aliphatic carbocycles. The van der Waals surface area contributed by atoms with Crippen LogP contribution in [0.3, 0.4) is 0 Å². The van der Waals surface area contributed by atoms with Gasteiger partial charge in [-0.1, -0.05) is 24.3 Å². The predicted molar refractivity (Wildman–Crippen MR) is 115 cm³/mol. The summed E-state index contributed by atoms with van der Waals surface area (Å²) in [6, 6.07) is 13.3. The maximum Gasteiger partial charge on any atom is 0.335 e. The molecule has 0 fully saturated rings. The average Bonchev–Trinajstić information content (AvgIpc) is 2.74. The summed E-state index contributed by atoms with van der Waals surface area (Å²) in [5, 5.41) is 11.1. The van der Waals surface area contributed by atoms with Gasteiger partial charge in [-0.3, -0.25) is 14.6 Å². The molecule has 31 heavy (non-hydrogen) atoms. The highest BCUT2D eigenvalue weighted by Crippen LogP contribution is 2.37. The molecule has 1 aliphatic rings. The van der Waals surface area contributed by atoms with Crippen molar-refractivity contribution >= 4 is 5.91 Å². The minimum absolute atomic E-state index is 0.0455. The van der Waals surface area contributed by atoms with E-state index in [0.29, 0.717) is 31.0 Å². The number of fused-ring (bicyclic) bond motifs is 1. The van der Waals surface area contributed by atoms with E-state index in [4.69, 9.17) is 4.74 Å². The van der Waals surface area contributed by atoms with Crippen LogP contribution in [0.5, 0.6) is 11.6 Å². The van der Waals surface area contributed by atoms with Gasteiger partial charge in [-0.2, -0.15) is 0 Å². The normalized spacial score (nSPS) is 15.4. The summed E-state index contributed by atoms with van der Waals surface area (Å²) in [4.78, 5) is 41.7. The molecule has 0 saturated heterocycles. The van der Waals surface area contributed by atoms with Crippen LogP contribution >= 0.6 is 0 Å². The first-order valence-corrected chi connectivity index (χ1v) is 10.1. The summed E-state index contributed by atoms with van der Waals surface area (Å²) < 4.78 is 6.45. The lowest BCUT2D eigenvalue weighted by Crippen LogP contribution is -2.43. The maximum atomic E-state index is 12.9. The molecule has 0 radical (unpaired) electrons.